The van der Waals surface area contributed by atoms with E-state index in [1.807, 2.05) is 0 Å². The van der Waals surface area contributed by atoms with Crippen molar-refractivity contribution >= 4 is 27.9 Å². The molecule has 25 heavy (non-hydrogen) atoms. The van der Waals surface area contributed by atoms with E-state index in [4.69, 9.17) is 9.84 Å². The zero-order chi connectivity index (χ0) is 18.6. The Morgan fingerprint density at radius 3 is 2.60 bits per heavy atom. The van der Waals surface area contributed by atoms with Crippen LogP contribution in [0, 0.1) is 0 Å². The molecular formula is C16H22BrN3O5. The van der Waals surface area contributed by atoms with Gasteiger partial charge in [-0.15, -0.1) is 0 Å². The minimum Gasteiger partial charge on any atom is -0.489 e. The zero-order valence-corrected chi connectivity index (χ0v) is 15.7. The summed E-state index contributed by atoms with van der Waals surface area (Å²) in [4.78, 5) is 34.2. The lowest BCUT2D eigenvalue weighted by molar-refractivity contribution is -0.123. The van der Waals surface area contributed by atoms with Crippen LogP contribution in [0.25, 0.3) is 0 Å². The Hall–Kier alpha value is -2.03. The van der Waals surface area contributed by atoms with E-state index in [1.165, 1.54) is 17.6 Å². The first-order chi connectivity index (χ1) is 11.8. The Bertz CT molecular complexity index is 698. The van der Waals surface area contributed by atoms with Crippen LogP contribution in [0.3, 0.4) is 0 Å². The van der Waals surface area contributed by atoms with Gasteiger partial charge in [-0.2, -0.15) is 0 Å². The van der Waals surface area contributed by atoms with Crippen molar-refractivity contribution in [1.82, 2.24) is 15.2 Å². The van der Waals surface area contributed by atoms with Crippen molar-refractivity contribution in [2.45, 2.75) is 50.8 Å². The number of halogens is 1. The second-order valence-electron chi connectivity index (χ2n) is 6.21. The van der Waals surface area contributed by atoms with Gasteiger partial charge in [-0.25, -0.2) is 4.79 Å². The van der Waals surface area contributed by atoms with Crippen LogP contribution in [0.15, 0.2) is 21.5 Å². The van der Waals surface area contributed by atoms with Crippen molar-refractivity contribution in [3.8, 4) is 5.75 Å². The quantitative estimate of drug-likeness (QED) is 0.676. The van der Waals surface area contributed by atoms with Crippen molar-refractivity contribution in [2.75, 3.05) is 0 Å². The largest absolute Gasteiger partial charge is 0.489 e. The molecular weight excluding hydrogens is 394 g/mol. The van der Waals surface area contributed by atoms with Crippen LogP contribution in [0.5, 0.6) is 5.75 Å². The number of carboxylic acid groups (broad SMARTS) is 1. The number of nitrogens with zero attached hydrogens (tertiary/aromatic N) is 1. The minimum absolute atomic E-state index is 0.00233. The monoisotopic (exact) mass is 415 g/mol. The summed E-state index contributed by atoms with van der Waals surface area (Å²) < 4.78 is 8.10. The van der Waals surface area contributed by atoms with E-state index < -0.39 is 12.1 Å². The first-order valence-electron chi connectivity index (χ1n) is 8.09. The summed E-state index contributed by atoms with van der Waals surface area (Å²) in [6.07, 6.45) is 3.38. The van der Waals surface area contributed by atoms with E-state index in [0.29, 0.717) is 5.75 Å². The molecule has 1 atom stereocenters. The normalized spacial score (nSPS) is 21.2. The van der Waals surface area contributed by atoms with Crippen molar-refractivity contribution < 1.29 is 19.4 Å². The fraction of sp³-hybridized carbons (Fsp3) is 0.562. The highest BCUT2D eigenvalue weighted by atomic mass is 79.9. The molecule has 3 N–H and O–H groups in total. The second kappa shape index (κ2) is 8.37. The predicted molar refractivity (Wildman–Crippen MR) is 94.8 cm³/mol. The van der Waals surface area contributed by atoms with Gasteiger partial charge in [0, 0.05) is 25.4 Å². The smallest absolute Gasteiger partial charge is 0.405 e. The lowest BCUT2D eigenvalue weighted by Gasteiger charge is -2.30. The fourth-order valence-corrected chi connectivity index (χ4v) is 3.27. The summed E-state index contributed by atoms with van der Waals surface area (Å²) >= 11 is 3.39. The van der Waals surface area contributed by atoms with Crippen molar-refractivity contribution in [1.29, 1.82) is 0 Å². The number of amides is 2. The molecule has 1 aromatic rings. The van der Waals surface area contributed by atoms with Crippen molar-refractivity contribution in [2.24, 2.45) is 7.05 Å². The van der Waals surface area contributed by atoms with Crippen LogP contribution in [0.1, 0.15) is 32.6 Å². The van der Waals surface area contributed by atoms with Crippen LogP contribution in [-0.2, 0) is 11.8 Å². The van der Waals surface area contributed by atoms with Crippen molar-refractivity contribution in [3.63, 3.8) is 0 Å². The maximum Gasteiger partial charge on any atom is 0.405 e. The molecule has 9 heteroatoms. The molecule has 0 spiro atoms. The maximum absolute atomic E-state index is 11.9. The summed E-state index contributed by atoms with van der Waals surface area (Å²) in [5, 5.41) is 13.6. The van der Waals surface area contributed by atoms with Crippen LogP contribution >= 0.6 is 15.9 Å². The third kappa shape index (κ3) is 5.48. The summed E-state index contributed by atoms with van der Waals surface area (Å²) in [6.45, 7) is 1.51. The standard InChI is InChI=1S/C16H22BrN3O5/c1-9(18-16(23)24)15(22)19-10-3-5-11(6-4-10)25-13-7-14(21)20(2)8-12(13)17/h7-11,18H,3-6H2,1-2H3,(H,19,22)(H,23,24)/t9-,10?,11?/m1/s1. The molecule has 2 amide bonds. The molecule has 0 bridgehead atoms. The molecule has 0 unspecified atom stereocenters. The molecule has 1 saturated carbocycles. The molecule has 1 aliphatic rings. The number of hydrogen-bond acceptors (Lipinski definition) is 4. The van der Waals surface area contributed by atoms with Gasteiger partial charge in [-0.05, 0) is 48.5 Å². The van der Waals surface area contributed by atoms with E-state index in [1.54, 1.807) is 13.2 Å². The number of rotatable bonds is 5. The molecule has 138 valence electrons. The predicted octanol–water partition coefficient (Wildman–Crippen LogP) is 1.61. The SMILES string of the molecule is C[C@@H](NC(=O)O)C(=O)NC1CCC(Oc2cc(=O)n(C)cc2Br)CC1. The molecule has 8 nitrogen and oxygen atoms in total. The number of aryl methyl sites for hydroxylation is 1. The van der Waals surface area contributed by atoms with E-state index in [0.717, 1.165) is 30.2 Å². The van der Waals surface area contributed by atoms with Gasteiger partial charge < -0.3 is 25.0 Å². The van der Waals surface area contributed by atoms with Gasteiger partial charge in [0.2, 0.25) is 5.91 Å². The van der Waals surface area contributed by atoms with Crippen LogP contribution < -0.4 is 20.9 Å². The lowest BCUT2D eigenvalue weighted by Crippen LogP contribution is -2.49. The molecule has 1 heterocycles. The molecule has 1 aliphatic carbocycles. The van der Waals surface area contributed by atoms with Crippen LogP contribution in [0.4, 0.5) is 4.79 Å². The summed E-state index contributed by atoms with van der Waals surface area (Å²) in [7, 11) is 1.67. The Morgan fingerprint density at radius 2 is 2.00 bits per heavy atom. The van der Waals surface area contributed by atoms with Crippen LogP contribution in [-0.4, -0.2) is 39.9 Å². The number of carbonyl (C=O) groups excluding carboxylic acids is 1. The van der Waals surface area contributed by atoms with Gasteiger partial charge in [0.05, 0.1) is 10.6 Å². The molecule has 1 fully saturated rings. The van der Waals surface area contributed by atoms with Gasteiger partial charge in [-0.3, -0.25) is 9.59 Å². The summed E-state index contributed by atoms with van der Waals surface area (Å²) in [6, 6.07) is 0.664. The fourth-order valence-electron chi connectivity index (χ4n) is 2.75. The molecule has 1 aromatic heterocycles. The molecule has 0 aromatic carbocycles. The Labute approximate surface area is 153 Å². The lowest BCUT2D eigenvalue weighted by atomic mass is 9.92. The van der Waals surface area contributed by atoms with Gasteiger partial charge in [0.25, 0.3) is 5.56 Å². The summed E-state index contributed by atoms with van der Waals surface area (Å²) in [5.41, 5.74) is -0.140. The maximum atomic E-state index is 11.9. The molecule has 0 saturated heterocycles. The van der Waals surface area contributed by atoms with E-state index in [2.05, 4.69) is 26.6 Å². The highest BCUT2D eigenvalue weighted by molar-refractivity contribution is 9.10. The third-order valence-corrected chi connectivity index (χ3v) is 4.79. The highest BCUT2D eigenvalue weighted by Gasteiger charge is 2.26. The minimum atomic E-state index is -1.22. The first-order valence-corrected chi connectivity index (χ1v) is 8.88. The molecule has 2 rings (SSSR count). The Balaban J connectivity index is 1.84. The topological polar surface area (TPSA) is 110 Å². The number of ether oxygens (including phenoxy) is 1. The number of carbonyl (C=O) groups is 2. The number of pyridine rings is 1. The summed E-state index contributed by atoms with van der Waals surface area (Å²) in [5.74, 6) is 0.191. The number of nitrogens with one attached hydrogen (secondary N) is 2. The Morgan fingerprint density at radius 1 is 1.36 bits per heavy atom. The second-order valence-corrected chi connectivity index (χ2v) is 7.06. The molecule has 0 aliphatic heterocycles. The van der Waals surface area contributed by atoms with Gasteiger partial charge >= 0.3 is 6.09 Å². The van der Waals surface area contributed by atoms with Gasteiger partial charge in [0.15, 0.2) is 0 Å². The average molecular weight is 416 g/mol. The van der Waals surface area contributed by atoms with Crippen LogP contribution in [0.2, 0.25) is 0 Å². The highest BCUT2D eigenvalue weighted by Crippen LogP contribution is 2.28. The Kier molecular flexibility index (Phi) is 6.46. The average Bonchev–Trinajstić information content (AvgIpc) is 2.53. The van der Waals surface area contributed by atoms with Gasteiger partial charge in [-0.1, -0.05) is 0 Å². The van der Waals surface area contributed by atoms with E-state index >= 15 is 0 Å². The van der Waals surface area contributed by atoms with Gasteiger partial charge in [0.1, 0.15) is 11.8 Å². The zero-order valence-electron chi connectivity index (χ0n) is 14.1. The van der Waals surface area contributed by atoms with E-state index in [-0.39, 0.29) is 23.6 Å². The number of hydrogen-bond donors (Lipinski definition) is 3. The molecule has 0 radical (unpaired) electrons. The number of aromatic nitrogens is 1. The van der Waals surface area contributed by atoms with E-state index in [9.17, 15) is 14.4 Å². The third-order valence-electron chi connectivity index (χ3n) is 4.19. The van der Waals surface area contributed by atoms with Crippen molar-refractivity contribution in [3.05, 3.63) is 27.1 Å². The first kappa shape index (κ1) is 19.3.